The Morgan fingerprint density at radius 1 is 1.25 bits per heavy atom. The van der Waals surface area contributed by atoms with Crippen LogP contribution in [0, 0.1) is 11.2 Å². The van der Waals surface area contributed by atoms with Crippen LogP contribution in [0.3, 0.4) is 0 Å². The van der Waals surface area contributed by atoms with Gasteiger partial charge in [0, 0.05) is 22.3 Å². The summed E-state index contributed by atoms with van der Waals surface area (Å²) in [5.41, 5.74) is 5.17. The molecular weight excluding hydrogens is 407 g/mol. The SMILES string of the molecule is CC(C)c1c(C2CCC(C)(C(=O)O)CC2)c2nc3[nH]ncc3cc2n1-c1ccc(F)cc1. The molecule has 7 heteroatoms. The number of nitrogens with one attached hydrogen (secondary N) is 1. The molecule has 1 aliphatic rings. The van der Waals surface area contributed by atoms with Crippen LogP contribution in [0.2, 0.25) is 0 Å². The summed E-state index contributed by atoms with van der Waals surface area (Å²) in [7, 11) is 0. The lowest BCUT2D eigenvalue weighted by Gasteiger charge is -2.34. The number of H-pyrrole nitrogens is 1. The Hall–Kier alpha value is -3.22. The molecule has 1 fully saturated rings. The summed E-state index contributed by atoms with van der Waals surface area (Å²) in [6, 6.07) is 8.64. The number of carboxylic acid groups (broad SMARTS) is 1. The van der Waals surface area contributed by atoms with Gasteiger partial charge >= 0.3 is 5.97 Å². The van der Waals surface area contributed by atoms with Gasteiger partial charge in [-0.05, 0) is 74.8 Å². The summed E-state index contributed by atoms with van der Waals surface area (Å²) in [6.45, 7) is 6.17. The summed E-state index contributed by atoms with van der Waals surface area (Å²) < 4.78 is 15.9. The third-order valence-corrected chi connectivity index (χ3v) is 7.06. The zero-order valence-corrected chi connectivity index (χ0v) is 18.5. The van der Waals surface area contributed by atoms with Crippen LogP contribution in [-0.2, 0) is 4.79 Å². The molecule has 3 heterocycles. The summed E-state index contributed by atoms with van der Waals surface area (Å²) in [5.74, 6) is -0.566. The van der Waals surface area contributed by atoms with Gasteiger partial charge in [-0.15, -0.1) is 0 Å². The molecule has 4 aromatic rings. The Labute approximate surface area is 185 Å². The fraction of sp³-hybridized carbons (Fsp3) is 0.400. The molecule has 5 rings (SSSR count). The highest BCUT2D eigenvalue weighted by Crippen LogP contribution is 2.48. The Morgan fingerprint density at radius 3 is 2.56 bits per heavy atom. The number of carbonyl (C=O) groups is 1. The minimum atomic E-state index is -0.717. The van der Waals surface area contributed by atoms with Crippen molar-refractivity contribution in [2.45, 2.75) is 58.3 Å². The molecule has 0 amide bonds. The summed E-state index contributed by atoms with van der Waals surface area (Å²) in [5, 5.41) is 17.7. The van der Waals surface area contributed by atoms with E-state index >= 15 is 0 Å². The fourth-order valence-corrected chi connectivity index (χ4v) is 5.21. The normalized spacial score (nSPS) is 21.6. The Balaban J connectivity index is 1.75. The number of fused-ring (bicyclic) bond motifs is 2. The molecule has 0 unspecified atom stereocenters. The van der Waals surface area contributed by atoms with E-state index in [2.05, 4.69) is 34.7 Å². The molecule has 0 bridgehead atoms. The quantitative estimate of drug-likeness (QED) is 0.418. The van der Waals surface area contributed by atoms with E-state index in [1.54, 1.807) is 18.3 Å². The van der Waals surface area contributed by atoms with Gasteiger partial charge in [0.15, 0.2) is 5.65 Å². The number of hydrogen-bond donors (Lipinski definition) is 2. The van der Waals surface area contributed by atoms with Gasteiger partial charge in [-0.3, -0.25) is 9.89 Å². The van der Waals surface area contributed by atoms with E-state index in [-0.39, 0.29) is 17.7 Å². The van der Waals surface area contributed by atoms with Gasteiger partial charge in [0.05, 0.1) is 22.6 Å². The molecule has 6 nitrogen and oxygen atoms in total. The molecule has 166 valence electrons. The van der Waals surface area contributed by atoms with Gasteiger partial charge in [0.2, 0.25) is 0 Å². The summed E-state index contributed by atoms with van der Waals surface area (Å²) in [6.07, 6.45) is 4.64. The topological polar surface area (TPSA) is 83.8 Å². The maximum absolute atomic E-state index is 13.7. The van der Waals surface area contributed by atoms with Crippen LogP contribution in [0.5, 0.6) is 0 Å². The number of carboxylic acids is 1. The molecule has 1 saturated carbocycles. The molecule has 0 spiro atoms. The Morgan fingerprint density at radius 2 is 1.94 bits per heavy atom. The molecule has 3 aromatic heterocycles. The molecule has 32 heavy (non-hydrogen) atoms. The maximum atomic E-state index is 13.7. The van der Waals surface area contributed by atoms with E-state index in [4.69, 9.17) is 4.98 Å². The van der Waals surface area contributed by atoms with Crippen molar-refractivity contribution < 1.29 is 14.3 Å². The number of nitrogens with zero attached hydrogens (tertiary/aromatic N) is 3. The number of pyridine rings is 1. The molecule has 0 aliphatic heterocycles. The number of aromatic nitrogens is 4. The minimum absolute atomic E-state index is 0.202. The van der Waals surface area contributed by atoms with E-state index in [0.717, 1.165) is 46.3 Å². The van der Waals surface area contributed by atoms with Gasteiger partial charge in [-0.25, -0.2) is 9.37 Å². The summed E-state index contributed by atoms with van der Waals surface area (Å²) >= 11 is 0. The number of hydrogen-bond acceptors (Lipinski definition) is 3. The van der Waals surface area contributed by atoms with Crippen molar-refractivity contribution in [3.63, 3.8) is 0 Å². The van der Waals surface area contributed by atoms with Crippen molar-refractivity contribution in [1.29, 1.82) is 0 Å². The molecule has 1 aliphatic carbocycles. The van der Waals surface area contributed by atoms with Crippen molar-refractivity contribution in [3.05, 3.63) is 53.6 Å². The van der Waals surface area contributed by atoms with Crippen molar-refractivity contribution in [1.82, 2.24) is 19.7 Å². The van der Waals surface area contributed by atoms with Crippen LogP contribution in [-0.4, -0.2) is 30.8 Å². The molecule has 0 radical (unpaired) electrons. The second kappa shape index (κ2) is 7.43. The smallest absolute Gasteiger partial charge is 0.309 e. The number of aliphatic carboxylic acids is 1. The molecule has 2 N–H and O–H groups in total. The van der Waals surface area contributed by atoms with E-state index in [1.165, 1.54) is 17.7 Å². The summed E-state index contributed by atoms with van der Waals surface area (Å²) in [4.78, 5) is 16.7. The Kier molecular flexibility index (Phi) is 4.80. The van der Waals surface area contributed by atoms with Crippen LogP contribution in [0.15, 0.2) is 36.5 Å². The highest BCUT2D eigenvalue weighted by Gasteiger charge is 2.40. The number of benzene rings is 1. The maximum Gasteiger partial charge on any atom is 0.309 e. The highest BCUT2D eigenvalue weighted by molar-refractivity contribution is 5.93. The van der Waals surface area contributed by atoms with Gasteiger partial charge in [0.1, 0.15) is 5.82 Å². The molecule has 1 aromatic carbocycles. The van der Waals surface area contributed by atoms with Gasteiger partial charge < -0.3 is 9.67 Å². The largest absolute Gasteiger partial charge is 0.481 e. The van der Waals surface area contributed by atoms with Crippen molar-refractivity contribution in [3.8, 4) is 5.69 Å². The first kappa shape index (κ1) is 20.7. The second-order valence-electron chi connectivity index (χ2n) is 9.57. The van der Waals surface area contributed by atoms with Crippen LogP contribution in [0.1, 0.15) is 69.5 Å². The first-order valence-electron chi connectivity index (χ1n) is 11.2. The minimum Gasteiger partial charge on any atom is -0.481 e. The lowest BCUT2D eigenvalue weighted by molar-refractivity contribution is -0.149. The van der Waals surface area contributed by atoms with E-state index < -0.39 is 11.4 Å². The number of rotatable bonds is 4. The fourth-order valence-electron chi connectivity index (χ4n) is 5.21. The van der Waals surface area contributed by atoms with E-state index in [9.17, 15) is 14.3 Å². The molecule has 0 atom stereocenters. The lowest BCUT2D eigenvalue weighted by Crippen LogP contribution is -2.32. The lowest BCUT2D eigenvalue weighted by atomic mass is 9.69. The standard InChI is InChI=1S/C25H27FN4O2/c1-14(2)22-20(15-8-10-25(3,11-9-15)24(31)32)21-19(12-16-13-27-29-23(16)28-21)30(22)18-6-4-17(26)5-7-18/h4-7,12-15H,8-11H2,1-3H3,(H,31,32)(H,27,28,29). The Bertz CT molecular complexity index is 1310. The predicted molar refractivity (Wildman–Crippen MR) is 122 cm³/mol. The number of halogens is 1. The average molecular weight is 435 g/mol. The van der Waals surface area contributed by atoms with Crippen molar-refractivity contribution >= 4 is 28.0 Å². The van der Waals surface area contributed by atoms with Crippen LogP contribution >= 0.6 is 0 Å². The van der Waals surface area contributed by atoms with Crippen LogP contribution in [0.4, 0.5) is 4.39 Å². The zero-order chi connectivity index (χ0) is 22.6. The molecular formula is C25H27FN4O2. The van der Waals surface area contributed by atoms with Crippen molar-refractivity contribution in [2.75, 3.05) is 0 Å². The van der Waals surface area contributed by atoms with Crippen LogP contribution in [0.25, 0.3) is 27.8 Å². The van der Waals surface area contributed by atoms with Gasteiger partial charge in [-0.1, -0.05) is 13.8 Å². The van der Waals surface area contributed by atoms with E-state index in [0.29, 0.717) is 12.8 Å². The zero-order valence-electron chi connectivity index (χ0n) is 18.5. The highest BCUT2D eigenvalue weighted by atomic mass is 19.1. The van der Waals surface area contributed by atoms with Gasteiger partial charge in [-0.2, -0.15) is 5.10 Å². The first-order chi connectivity index (χ1) is 15.3. The second-order valence-corrected chi connectivity index (χ2v) is 9.57. The first-order valence-corrected chi connectivity index (χ1v) is 11.2. The van der Waals surface area contributed by atoms with Crippen LogP contribution < -0.4 is 0 Å². The third kappa shape index (κ3) is 3.18. The monoisotopic (exact) mass is 434 g/mol. The average Bonchev–Trinajstić information content (AvgIpc) is 3.35. The van der Waals surface area contributed by atoms with Crippen molar-refractivity contribution in [2.24, 2.45) is 5.41 Å². The van der Waals surface area contributed by atoms with E-state index in [1.807, 2.05) is 6.92 Å². The predicted octanol–water partition coefficient (Wildman–Crippen LogP) is 5.91. The van der Waals surface area contributed by atoms with Gasteiger partial charge in [0.25, 0.3) is 0 Å². The number of aromatic amines is 1. The third-order valence-electron chi connectivity index (χ3n) is 7.06. The molecule has 0 saturated heterocycles.